The van der Waals surface area contributed by atoms with E-state index in [4.69, 9.17) is 4.98 Å². The van der Waals surface area contributed by atoms with Gasteiger partial charge in [-0.1, -0.05) is 48.5 Å². The smallest absolute Gasteiger partial charge is 0.247 e. The molecule has 3 heterocycles. The molecule has 5 rings (SSSR count). The average molecular weight is 440 g/mol. The Kier molecular flexibility index (Phi) is 5.60. The monoisotopic (exact) mass is 439 g/mol. The first-order valence-electron chi connectivity index (χ1n) is 11.1. The maximum atomic E-state index is 13.7. The van der Waals surface area contributed by atoms with Gasteiger partial charge in [-0.25, -0.2) is 4.98 Å². The van der Waals surface area contributed by atoms with Crippen LogP contribution in [-0.4, -0.2) is 31.2 Å². The molecule has 0 saturated heterocycles. The summed E-state index contributed by atoms with van der Waals surface area (Å²) < 4.78 is 1.95. The molecule has 2 atom stereocenters. The Morgan fingerprint density at radius 3 is 2.55 bits per heavy atom. The second-order valence-electron chi connectivity index (χ2n) is 8.27. The number of rotatable bonds is 6. The molecular formula is C26H25N5O2. The Hall–Kier alpha value is -4.00. The third kappa shape index (κ3) is 4.09. The van der Waals surface area contributed by atoms with Crippen molar-refractivity contribution in [3.8, 4) is 0 Å². The van der Waals surface area contributed by atoms with E-state index in [0.29, 0.717) is 13.1 Å². The van der Waals surface area contributed by atoms with Gasteiger partial charge in [0.25, 0.3) is 0 Å². The van der Waals surface area contributed by atoms with E-state index in [-0.39, 0.29) is 24.3 Å². The van der Waals surface area contributed by atoms with Crippen LogP contribution in [0, 0.1) is 0 Å². The van der Waals surface area contributed by atoms with E-state index in [1.54, 1.807) is 6.20 Å². The topological polar surface area (TPSA) is 80.1 Å². The number of carbonyl (C=O) groups is 2. The summed E-state index contributed by atoms with van der Waals surface area (Å²) in [7, 11) is 0. The van der Waals surface area contributed by atoms with Gasteiger partial charge < -0.3 is 14.8 Å². The lowest BCUT2D eigenvalue weighted by Gasteiger charge is -2.38. The first kappa shape index (κ1) is 20.9. The van der Waals surface area contributed by atoms with Gasteiger partial charge in [-0.3, -0.25) is 14.6 Å². The van der Waals surface area contributed by atoms with Crippen LogP contribution in [0.4, 0.5) is 0 Å². The van der Waals surface area contributed by atoms with E-state index in [1.807, 2.05) is 89.2 Å². The summed E-state index contributed by atoms with van der Waals surface area (Å²) in [4.78, 5) is 37.6. The molecule has 1 aliphatic rings. The SMILES string of the molecule is C[C@H]1c2nc3ccccc3n2[C@H](CC(=O)NCc2ccccn2)C(=O)N1Cc1ccccc1. The van der Waals surface area contributed by atoms with Gasteiger partial charge in [0.05, 0.1) is 35.7 Å². The number of amides is 2. The number of hydrogen-bond acceptors (Lipinski definition) is 4. The first-order chi connectivity index (χ1) is 16.1. The summed E-state index contributed by atoms with van der Waals surface area (Å²) in [5.74, 6) is 0.529. The number of benzene rings is 2. The number of carbonyl (C=O) groups excluding carboxylic acids is 2. The number of nitrogens with zero attached hydrogens (tertiary/aromatic N) is 4. The molecule has 0 fully saturated rings. The van der Waals surface area contributed by atoms with Crippen LogP contribution in [-0.2, 0) is 22.7 Å². The number of fused-ring (bicyclic) bond motifs is 3. The molecule has 2 aromatic heterocycles. The van der Waals surface area contributed by atoms with Crippen molar-refractivity contribution < 1.29 is 9.59 Å². The van der Waals surface area contributed by atoms with Gasteiger partial charge in [-0.15, -0.1) is 0 Å². The number of nitrogens with one attached hydrogen (secondary N) is 1. The molecule has 1 N–H and O–H groups in total. The standard InChI is InChI=1S/C26H25N5O2/c1-18-25-29-21-12-5-6-13-22(21)31(25)23(15-24(32)28-16-20-11-7-8-14-27-20)26(33)30(18)17-19-9-3-2-4-10-19/h2-14,18,23H,15-17H2,1H3,(H,28,32)/t18-,23+/m0/s1. The molecule has 4 aromatic rings. The summed E-state index contributed by atoms with van der Waals surface area (Å²) in [5, 5.41) is 2.91. The summed E-state index contributed by atoms with van der Waals surface area (Å²) in [6.45, 7) is 2.79. The molecular weight excluding hydrogens is 414 g/mol. The molecule has 0 saturated carbocycles. The fourth-order valence-corrected chi connectivity index (χ4v) is 4.43. The van der Waals surface area contributed by atoms with Gasteiger partial charge in [-0.2, -0.15) is 0 Å². The molecule has 2 aromatic carbocycles. The largest absolute Gasteiger partial charge is 0.350 e. The highest BCUT2D eigenvalue weighted by Gasteiger charge is 2.40. The maximum absolute atomic E-state index is 13.7. The molecule has 7 heteroatoms. The lowest BCUT2D eigenvalue weighted by molar-refractivity contribution is -0.142. The summed E-state index contributed by atoms with van der Waals surface area (Å²) >= 11 is 0. The van der Waals surface area contributed by atoms with Gasteiger partial charge in [0.2, 0.25) is 11.8 Å². The minimum absolute atomic E-state index is 0.0387. The second-order valence-corrected chi connectivity index (χ2v) is 8.27. The van der Waals surface area contributed by atoms with Gasteiger partial charge in [0.15, 0.2) is 0 Å². The normalized spacial score (nSPS) is 17.7. The molecule has 0 unspecified atom stereocenters. The number of pyridine rings is 1. The average Bonchev–Trinajstić information content (AvgIpc) is 3.24. The minimum atomic E-state index is -0.656. The second kappa shape index (κ2) is 8.86. The quantitative estimate of drug-likeness (QED) is 0.496. The zero-order chi connectivity index (χ0) is 22.8. The van der Waals surface area contributed by atoms with Crippen LogP contribution in [0.3, 0.4) is 0 Å². The van der Waals surface area contributed by atoms with Crippen LogP contribution in [0.1, 0.15) is 42.5 Å². The predicted molar refractivity (Wildman–Crippen MR) is 125 cm³/mol. The fourth-order valence-electron chi connectivity index (χ4n) is 4.43. The zero-order valence-corrected chi connectivity index (χ0v) is 18.4. The molecule has 0 radical (unpaired) electrons. The predicted octanol–water partition coefficient (Wildman–Crippen LogP) is 3.78. The van der Waals surface area contributed by atoms with Gasteiger partial charge in [0, 0.05) is 12.7 Å². The number of hydrogen-bond donors (Lipinski definition) is 1. The number of aromatic nitrogens is 3. The minimum Gasteiger partial charge on any atom is -0.350 e. The van der Waals surface area contributed by atoms with Crippen LogP contribution in [0.15, 0.2) is 79.0 Å². The Morgan fingerprint density at radius 1 is 1.00 bits per heavy atom. The van der Waals surface area contributed by atoms with Crippen LogP contribution in [0.25, 0.3) is 11.0 Å². The molecule has 1 aliphatic heterocycles. The number of para-hydroxylation sites is 2. The van der Waals surface area contributed by atoms with Crippen LogP contribution < -0.4 is 5.32 Å². The lowest BCUT2D eigenvalue weighted by Crippen LogP contribution is -2.46. The first-order valence-corrected chi connectivity index (χ1v) is 11.1. The third-order valence-electron chi connectivity index (χ3n) is 6.11. The molecule has 33 heavy (non-hydrogen) atoms. The summed E-state index contributed by atoms with van der Waals surface area (Å²) in [5.41, 5.74) is 3.51. The van der Waals surface area contributed by atoms with Crippen LogP contribution in [0.5, 0.6) is 0 Å². The van der Waals surface area contributed by atoms with E-state index >= 15 is 0 Å². The Balaban J connectivity index is 1.46. The third-order valence-corrected chi connectivity index (χ3v) is 6.11. The van der Waals surface area contributed by atoms with Crippen LogP contribution in [0.2, 0.25) is 0 Å². The molecule has 0 bridgehead atoms. The Morgan fingerprint density at radius 2 is 1.76 bits per heavy atom. The van der Waals surface area contributed by atoms with Gasteiger partial charge in [0.1, 0.15) is 11.9 Å². The Labute approximate surface area is 192 Å². The van der Waals surface area contributed by atoms with Crippen molar-refractivity contribution in [2.75, 3.05) is 0 Å². The van der Waals surface area contributed by atoms with Crippen LogP contribution >= 0.6 is 0 Å². The summed E-state index contributed by atoms with van der Waals surface area (Å²) in [6, 6.07) is 22.4. The highest BCUT2D eigenvalue weighted by molar-refractivity contribution is 5.90. The van der Waals surface area contributed by atoms with Crippen molar-refractivity contribution in [3.63, 3.8) is 0 Å². The van der Waals surface area contributed by atoms with E-state index < -0.39 is 6.04 Å². The van der Waals surface area contributed by atoms with E-state index in [9.17, 15) is 9.59 Å². The van der Waals surface area contributed by atoms with Crippen molar-refractivity contribution in [1.29, 1.82) is 0 Å². The fraction of sp³-hybridized carbons (Fsp3) is 0.231. The van der Waals surface area contributed by atoms with E-state index in [2.05, 4.69) is 10.3 Å². The van der Waals surface area contributed by atoms with E-state index in [0.717, 1.165) is 28.1 Å². The van der Waals surface area contributed by atoms with Crippen molar-refractivity contribution >= 4 is 22.8 Å². The molecule has 7 nitrogen and oxygen atoms in total. The van der Waals surface area contributed by atoms with Gasteiger partial charge in [-0.05, 0) is 36.8 Å². The van der Waals surface area contributed by atoms with E-state index in [1.165, 1.54) is 0 Å². The van der Waals surface area contributed by atoms with Crippen molar-refractivity contribution in [1.82, 2.24) is 24.8 Å². The zero-order valence-electron chi connectivity index (χ0n) is 18.4. The highest BCUT2D eigenvalue weighted by atomic mass is 16.2. The van der Waals surface area contributed by atoms with Crippen molar-refractivity contribution in [2.24, 2.45) is 0 Å². The number of imidazole rings is 1. The molecule has 0 spiro atoms. The Bertz CT molecular complexity index is 1290. The highest BCUT2D eigenvalue weighted by Crippen LogP contribution is 2.37. The summed E-state index contributed by atoms with van der Waals surface area (Å²) in [6.07, 6.45) is 1.73. The van der Waals surface area contributed by atoms with Crippen molar-refractivity contribution in [3.05, 3.63) is 96.1 Å². The van der Waals surface area contributed by atoms with Gasteiger partial charge >= 0.3 is 0 Å². The van der Waals surface area contributed by atoms with Crippen molar-refractivity contribution in [2.45, 2.75) is 38.5 Å². The lowest BCUT2D eigenvalue weighted by atomic mass is 10.0. The molecule has 0 aliphatic carbocycles. The maximum Gasteiger partial charge on any atom is 0.247 e. The molecule has 2 amide bonds. The molecule has 166 valence electrons.